The van der Waals surface area contributed by atoms with E-state index in [0.717, 1.165) is 5.56 Å². The van der Waals surface area contributed by atoms with E-state index in [1.54, 1.807) is 33.3 Å². The Morgan fingerprint density at radius 2 is 1.89 bits per heavy atom. The number of hydrogen-bond acceptors (Lipinski definition) is 5. The molecule has 0 radical (unpaired) electrons. The smallest absolute Gasteiger partial charge is 0.165 e. The van der Waals surface area contributed by atoms with Crippen molar-refractivity contribution in [1.29, 1.82) is 0 Å². The van der Waals surface area contributed by atoms with Crippen LogP contribution in [0.2, 0.25) is 0 Å². The van der Waals surface area contributed by atoms with Crippen molar-refractivity contribution in [3.63, 3.8) is 0 Å². The molecule has 5 nitrogen and oxygen atoms in total. The zero-order valence-electron chi connectivity index (χ0n) is 11.3. The van der Waals surface area contributed by atoms with E-state index in [0.29, 0.717) is 28.5 Å². The zero-order valence-corrected chi connectivity index (χ0v) is 11.3. The quantitative estimate of drug-likeness (QED) is 0.792. The van der Waals surface area contributed by atoms with Crippen molar-refractivity contribution < 1.29 is 18.8 Å². The highest BCUT2D eigenvalue weighted by Gasteiger charge is 2.19. The van der Waals surface area contributed by atoms with Crippen molar-refractivity contribution in [2.24, 2.45) is 0 Å². The second-order valence-corrected chi connectivity index (χ2v) is 4.09. The van der Waals surface area contributed by atoms with Crippen LogP contribution in [0.15, 0.2) is 22.7 Å². The number of hydrogen-bond donors (Lipinski definition) is 0. The van der Waals surface area contributed by atoms with E-state index in [1.165, 1.54) is 6.92 Å². The molecule has 0 fully saturated rings. The van der Waals surface area contributed by atoms with Crippen LogP contribution in [-0.2, 0) is 0 Å². The van der Waals surface area contributed by atoms with Gasteiger partial charge < -0.3 is 14.0 Å². The number of aromatic nitrogens is 1. The normalized spacial score (nSPS) is 10.3. The lowest BCUT2D eigenvalue weighted by molar-refractivity contribution is 0.101. The molecule has 1 heterocycles. The minimum atomic E-state index is -0.0801. The molecule has 5 heteroatoms. The molecule has 0 bridgehead atoms. The maximum absolute atomic E-state index is 11.6. The molecular weight excluding hydrogens is 246 g/mol. The minimum absolute atomic E-state index is 0.0801. The Morgan fingerprint density at radius 1 is 1.21 bits per heavy atom. The molecule has 0 aliphatic carbocycles. The second-order valence-electron chi connectivity index (χ2n) is 4.09. The fraction of sp³-hybridized carbons (Fsp3) is 0.286. The van der Waals surface area contributed by atoms with E-state index in [4.69, 9.17) is 14.0 Å². The summed E-state index contributed by atoms with van der Waals surface area (Å²) in [6.07, 6.45) is 0. The largest absolute Gasteiger partial charge is 0.493 e. The van der Waals surface area contributed by atoms with E-state index in [1.807, 2.05) is 6.07 Å². The Morgan fingerprint density at radius 3 is 2.47 bits per heavy atom. The highest BCUT2D eigenvalue weighted by molar-refractivity contribution is 6.00. The van der Waals surface area contributed by atoms with E-state index in [2.05, 4.69) is 5.16 Å². The van der Waals surface area contributed by atoms with Crippen molar-refractivity contribution in [3.8, 4) is 22.8 Å². The number of carbonyl (C=O) groups is 1. The average Bonchev–Trinajstić information content (AvgIpc) is 2.79. The first kappa shape index (κ1) is 13.1. The molecule has 19 heavy (non-hydrogen) atoms. The molecular formula is C14H15NO4. The second kappa shape index (κ2) is 5.14. The Bertz CT molecular complexity index is 616. The maximum Gasteiger partial charge on any atom is 0.165 e. The number of Topliss-reactive ketones (excluding diaryl/α,β-unsaturated/α-hetero) is 1. The van der Waals surface area contributed by atoms with Gasteiger partial charge in [0.15, 0.2) is 17.3 Å². The summed E-state index contributed by atoms with van der Waals surface area (Å²) in [4.78, 5) is 11.6. The van der Waals surface area contributed by atoms with Crippen LogP contribution in [0.3, 0.4) is 0 Å². The fourth-order valence-electron chi connectivity index (χ4n) is 1.97. The van der Waals surface area contributed by atoms with Crippen LogP contribution in [0.1, 0.15) is 23.0 Å². The highest BCUT2D eigenvalue weighted by atomic mass is 16.5. The molecule has 0 aliphatic rings. The Balaban J connectivity index is 2.57. The third-order valence-electron chi connectivity index (χ3n) is 2.87. The molecule has 1 aromatic carbocycles. The predicted octanol–water partition coefficient (Wildman–Crippen LogP) is 2.87. The maximum atomic E-state index is 11.6. The van der Waals surface area contributed by atoms with Crippen molar-refractivity contribution in [1.82, 2.24) is 5.16 Å². The van der Waals surface area contributed by atoms with Gasteiger partial charge in [-0.3, -0.25) is 4.79 Å². The van der Waals surface area contributed by atoms with Crippen LogP contribution in [0, 0.1) is 6.92 Å². The van der Waals surface area contributed by atoms with Crippen LogP contribution in [0.4, 0.5) is 0 Å². The molecule has 2 rings (SSSR count). The molecule has 0 N–H and O–H groups in total. The summed E-state index contributed by atoms with van der Waals surface area (Å²) in [6, 6.07) is 5.34. The van der Waals surface area contributed by atoms with Gasteiger partial charge in [-0.2, -0.15) is 0 Å². The van der Waals surface area contributed by atoms with Crippen LogP contribution >= 0.6 is 0 Å². The van der Waals surface area contributed by atoms with E-state index >= 15 is 0 Å². The first-order chi connectivity index (χ1) is 9.08. The average molecular weight is 261 g/mol. The topological polar surface area (TPSA) is 61.6 Å². The molecule has 0 unspecified atom stereocenters. The number of ketones is 1. The Labute approximate surface area is 111 Å². The van der Waals surface area contributed by atoms with E-state index < -0.39 is 0 Å². The third-order valence-corrected chi connectivity index (χ3v) is 2.87. The molecule has 0 spiro atoms. The van der Waals surface area contributed by atoms with Crippen LogP contribution in [0.5, 0.6) is 11.5 Å². The van der Waals surface area contributed by atoms with Crippen LogP contribution in [-0.4, -0.2) is 25.2 Å². The monoisotopic (exact) mass is 261 g/mol. The summed E-state index contributed by atoms with van der Waals surface area (Å²) < 4.78 is 15.5. The lowest BCUT2D eigenvalue weighted by Crippen LogP contribution is -1.96. The van der Waals surface area contributed by atoms with Crippen LogP contribution < -0.4 is 9.47 Å². The number of ether oxygens (including phenoxy) is 2. The standard InChI is InChI=1S/C14H15NO4/c1-8(16)13-9(2)19-15-14(13)10-5-6-11(17-3)12(7-10)18-4/h5-7H,1-4H3. The van der Waals surface area contributed by atoms with Gasteiger partial charge in [0.1, 0.15) is 11.5 Å². The number of methoxy groups -OCH3 is 2. The number of aryl methyl sites for hydroxylation is 1. The molecule has 0 saturated heterocycles. The summed E-state index contributed by atoms with van der Waals surface area (Å²) in [5.41, 5.74) is 1.76. The lowest BCUT2D eigenvalue weighted by atomic mass is 10.0. The number of rotatable bonds is 4. The summed E-state index contributed by atoms with van der Waals surface area (Å²) in [7, 11) is 3.13. The molecule has 100 valence electrons. The SMILES string of the molecule is COc1ccc(-c2noc(C)c2C(C)=O)cc1OC. The van der Waals surface area contributed by atoms with Gasteiger partial charge in [-0.25, -0.2) is 0 Å². The van der Waals surface area contributed by atoms with Crippen molar-refractivity contribution in [3.05, 3.63) is 29.5 Å². The zero-order chi connectivity index (χ0) is 14.0. The number of nitrogens with zero attached hydrogens (tertiary/aromatic N) is 1. The Hall–Kier alpha value is -2.30. The van der Waals surface area contributed by atoms with E-state index in [9.17, 15) is 4.79 Å². The number of benzene rings is 1. The van der Waals surface area contributed by atoms with Gasteiger partial charge in [0.05, 0.1) is 19.8 Å². The first-order valence-corrected chi connectivity index (χ1v) is 5.78. The van der Waals surface area contributed by atoms with Gasteiger partial charge in [-0.1, -0.05) is 5.16 Å². The van der Waals surface area contributed by atoms with Gasteiger partial charge in [-0.05, 0) is 32.0 Å². The van der Waals surface area contributed by atoms with Gasteiger partial charge in [0.2, 0.25) is 0 Å². The van der Waals surface area contributed by atoms with E-state index in [-0.39, 0.29) is 5.78 Å². The van der Waals surface area contributed by atoms with Crippen LogP contribution in [0.25, 0.3) is 11.3 Å². The fourth-order valence-corrected chi connectivity index (χ4v) is 1.97. The molecule has 0 amide bonds. The summed E-state index contributed by atoms with van der Waals surface area (Å²) >= 11 is 0. The lowest BCUT2D eigenvalue weighted by Gasteiger charge is -2.08. The molecule has 1 aromatic heterocycles. The molecule has 0 saturated carbocycles. The molecule has 0 aliphatic heterocycles. The van der Waals surface area contributed by atoms with Gasteiger partial charge in [0, 0.05) is 5.56 Å². The molecule has 0 atom stereocenters. The van der Waals surface area contributed by atoms with Gasteiger partial charge >= 0.3 is 0 Å². The summed E-state index contributed by atoms with van der Waals surface area (Å²) in [5.74, 6) is 1.63. The number of carbonyl (C=O) groups excluding carboxylic acids is 1. The Kier molecular flexibility index (Phi) is 3.55. The van der Waals surface area contributed by atoms with Gasteiger partial charge in [0.25, 0.3) is 0 Å². The first-order valence-electron chi connectivity index (χ1n) is 5.78. The van der Waals surface area contributed by atoms with Crippen molar-refractivity contribution in [2.75, 3.05) is 14.2 Å². The third kappa shape index (κ3) is 2.31. The summed E-state index contributed by atoms with van der Waals surface area (Å²) in [6.45, 7) is 3.21. The minimum Gasteiger partial charge on any atom is -0.493 e. The van der Waals surface area contributed by atoms with Gasteiger partial charge in [-0.15, -0.1) is 0 Å². The predicted molar refractivity (Wildman–Crippen MR) is 69.8 cm³/mol. The van der Waals surface area contributed by atoms with Crippen molar-refractivity contribution in [2.45, 2.75) is 13.8 Å². The molecule has 2 aromatic rings. The highest BCUT2D eigenvalue weighted by Crippen LogP contribution is 2.33. The van der Waals surface area contributed by atoms with Crippen molar-refractivity contribution >= 4 is 5.78 Å². The summed E-state index contributed by atoms with van der Waals surface area (Å²) in [5, 5.41) is 3.95.